The molecule has 1 aliphatic heterocycles. The summed E-state index contributed by atoms with van der Waals surface area (Å²) in [6.07, 6.45) is 4.10. The predicted molar refractivity (Wildman–Crippen MR) is 60.8 cm³/mol. The fourth-order valence-electron chi connectivity index (χ4n) is 2.08. The molecule has 1 aromatic heterocycles. The van der Waals surface area contributed by atoms with E-state index in [2.05, 4.69) is 14.9 Å². The first kappa shape index (κ1) is 10.4. The average molecular weight is 206 g/mol. The van der Waals surface area contributed by atoms with Crippen molar-refractivity contribution < 1.29 is 0 Å². The van der Waals surface area contributed by atoms with Crippen LogP contribution in [0.4, 0.5) is 5.82 Å². The van der Waals surface area contributed by atoms with E-state index in [9.17, 15) is 0 Å². The molecule has 0 aliphatic carbocycles. The highest BCUT2D eigenvalue weighted by molar-refractivity contribution is 5.39. The highest BCUT2D eigenvalue weighted by atomic mass is 15.2. The van der Waals surface area contributed by atoms with E-state index in [4.69, 9.17) is 5.73 Å². The van der Waals surface area contributed by atoms with Crippen LogP contribution in [0.25, 0.3) is 0 Å². The summed E-state index contributed by atoms with van der Waals surface area (Å²) in [6, 6.07) is 2.04. The highest BCUT2D eigenvalue weighted by Gasteiger charge is 2.19. The van der Waals surface area contributed by atoms with Crippen molar-refractivity contribution in [3.05, 3.63) is 18.1 Å². The maximum atomic E-state index is 5.71. The Hall–Kier alpha value is -1.16. The van der Waals surface area contributed by atoms with Crippen molar-refractivity contribution in [1.82, 2.24) is 9.97 Å². The van der Waals surface area contributed by atoms with Crippen molar-refractivity contribution in [3.8, 4) is 0 Å². The van der Waals surface area contributed by atoms with Crippen LogP contribution in [-0.4, -0.2) is 29.6 Å². The van der Waals surface area contributed by atoms with E-state index in [1.54, 1.807) is 6.33 Å². The van der Waals surface area contributed by atoms with E-state index in [0.29, 0.717) is 5.92 Å². The molecule has 82 valence electrons. The number of rotatable bonds is 2. The molecule has 0 spiro atoms. The molecule has 1 unspecified atom stereocenters. The highest BCUT2D eigenvalue weighted by Crippen LogP contribution is 2.20. The molecule has 0 bridgehead atoms. The Kier molecular flexibility index (Phi) is 3.16. The van der Waals surface area contributed by atoms with E-state index in [0.717, 1.165) is 31.1 Å². The zero-order valence-corrected chi connectivity index (χ0v) is 9.19. The maximum absolute atomic E-state index is 5.71. The fraction of sp³-hybridized carbons (Fsp3) is 0.636. The van der Waals surface area contributed by atoms with E-state index in [1.165, 1.54) is 12.8 Å². The topological polar surface area (TPSA) is 55.0 Å². The molecule has 0 radical (unpaired) electrons. The number of anilines is 1. The summed E-state index contributed by atoms with van der Waals surface area (Å²) in [6.45, 7) is 4.90. The summed E-state index contributed by atoms with van der Waals surface area (Å²) < 4.78 is 0. The van der Waals surface area contributed by atoms with Crippen molar-refractivity contribution in [2.75, 3.05) is 24.5 Å². The lowest BCUT2D eigenvalue weighted by atomic mass is 9.98. The van der Waals surface area contributed by atoms with Crippen LogP contribution in [0.3, 0.4) is 0 Å². The van der Waals surface area contributed by atoms with Crippen molar-refractivity contribution in [3.63, 3.8) is 0 Å². The Morgan fingerprint density at radius 3 is 3.13 bits per heavy atom. The number of nitrogens with zero attached hydrogens (tertiary/aromatic N) is 3. The summed E-state index contributed by atoms with van der Waals surface area (Å²) in [5.74, 6) is 1.66. The van der Waals surface area contributed by atoms with Crippen molar-refractivity contribution >= 4 is 5.82 Å². The smallest absolute Gasteiger partial charge is 0.132 e. The molecule has 1 fully saturated rings. The van der Waals surface area contributed by atoms with Gasteiger partial charge in [0.25, 0.3) is 0 Å². The molecule has 1 aliphatic rings. The second-order valence-corrected chi connectivity index (χ2v) is 4.21. The molecule has 2 heterocycles. The third-order valence-corrected chi connectivity index (χ3v) is 2.97. The molecule has 0 saturated carbocycles. The van der Waals surface area contributed by atoms with Gasteiger partial charge in [-0.3, -0.25) is 0 Å². The minimum Gasteiger partial charge on any atom is -0.356 e. The Balaban J connectivity index is 2.09. The molecular formula is C11H18N4. The van der Waals surface area contributed by atoms with Crippen molar-refractivity contribution in [1.29, 1.82) is 0 Å². The van der Waals surface area contributed by atoms with Gasteiger partial charge in [-0.25, -0.2) is 9.97 Å². The Bertz CT molecular complexity index is 326. The van der Waals surface area contributed by atoms with Gasteiger partial charge in [0.2, 0.25) is 0 Å². The Morgan fingerprint density at radius 2 is 2.40 bits per heavy atom. The van der Waals surface area contributed by atoms with E-state index in [1.807, 2.05) is 13.0 Å². The molecule has 1 atom stereocenters. The van der Waals surface area contributed by atoms with Gasteiger partial charge in [0.1, 0.15) is 12.1 Å². The normalized spacial score (nSPS) is 21.7. The van der Waals surface area contributed by atoms with Gasteiger partial charge in [0.15, 0.2) is 0 Å². The molecule has 15 heavy (non-hydrogen) atoms. The van der Waals surface area contributed by atoms with Gasteiger partial charge in [-0.1, -0.05) is 0 Å². The van der Waals surface area contributed by atoms with Crippen molar-refractivity contribution in [2.24, 2.45) is 11.7 Å². The number of hydrogen-bond donors (Lipinski definition) is 1. The van der Waals surface area contributed by atoms with Crippen LogP contribution in [0.5, 0.6) is 0 Å². The van der Waals surface area contributed by atoms with Gasteiger partial charge in [-0.05, 0) is 32.2 Å². The third kappa shape index (κ3) is 2.45. The number of nitrogens with two attached hydrogens (primary N) is 1. The number of piperidine rings is 1. The van der Waals surface area contributed by atoms with E-state index in [-0.39, 0.29) is 0 Å². The minimum absolute atomic E-state index is 0.619. The number of aromatic nitrogens is 2. The molecule has 1 aromatic rings. The van der Waals surface area contributed by atoms with Crippen LogP contribution < -0.4 is 10.6 Å². The quantitative estimate of drug-likeness (QED) is 0.783. The van der Waals surface area contributed by atoms with Gasteiger partial charge < -0.3 is 10.6 Å². The van der Waals surface area contributed by atoms with Crippen LogP contribution in [0.1, 0.15) is 18.5 Å². The van der Waals surface area contributed by atoms with E-state index < -0.39 is 0 Å². The van der Waals surface area contributed by atoms with Crippen LogP contribution in [0, 0.1) is 12.8 Å². The van der Waals surface area contributed by atoms with Crippen LogP contribution in [-0.2, 0) is 0 Å². The molecule has 0 aromatic carbocycles. The summed E-state index contributed by atoms with van der Waals surface area (Å²) >= 11 is 0. The lowest BCUT2D eigenvalue weighted by molar-refractivity contribution is 0.421. The summed E-state index contributed by atoms with van der Waals surface area (Å²) in [5.41, 5.74) is 6.74. The zero-order valence-electron chi connectivity index (χ0n) is 9.19. The van der Waals surface area contributed by atoms with Gasteiger partial charge in [-0.2, -0.15) is 0 Å². The lowest BCUT2D eigenvalue weighted by Crippen LogP contribution is -2.38. The first-order chi connectivity index (χ1) is 7.29. The van der Waals surface area contributed by atoms with Gasteiger partial charge in [0, 0.05) is 24.8 Å². The molecule has 4 nitrogen and oxygen atoms in total. The second kappa shape index (κ2) is 4.57. The average Bonchev–Trinajstić information content (AvgIpc) is 2.29. The number of aryl methyl sites for hydroxylation is 1. The summed E-state index contributed by atoms with van der Waals surface area (Å²) in [5, 5.41) is 0. The predicted octanol–water partition coefficient (Wildman–Crippen LogP) is 0.960. The monoisotopic (exact) mass is 206 g/mol. The van der Waals surface area contributed by atoms with Crippen molar-refractivity contribution in [2.45, 2.75) is 19.8 Å². The van der Waals surface area contributed by atoms with Crippen LogP contribution in [0.2, 0.25) is 0 Å². The lowest BCUT2D eigenvalue weighted by Gasteiger charge is -2.32. The van der Waals surface area contributed by atoms with Gasteiger partial charge in [0.05, 0.1) is 0 Å². The first-order valence-electron chi connectivity index (χ1n) is 5.53. The molecule has 2 N–H and O–H groups in total. The fourth-order valence-corrected chi connectivity index (χ4v) is 2.08. The molecule has 4 heteroatoms. The molecule has 2 rings (SSSR count). The molecule has 1 saturated heterocycles. The summed E-state index contributed by atoms with van der Waals surface area (Å²) in [4.78, 5) is 10.7. The Labute approximate surface area is 90.5 Å². The molecular weight excluding hydrogens is 188 g/mol. The minimum atomic E-state index is 0.619. The van der Waals surface area contributed by atoms with Gasteiger partial charge in [-0.15, -0.1) is 0 Å². The summed E-state index contributed by atoms with van der Waals surface area (Å²) in [7, 11) is 0. The number of hydrogen-bond acceptors (Lipinski definition) is 4. The molecule has 0 amide bonds. The largest absolute Gasteiger partial charge is 0.356 e. The van der Waals surface area contributed by atoms with Gasteiger partial charge >= 0.3 is 0 Å². The van der Waals surface area contributed by atoms with Crippen LogP contribution >= 0.6 is 0 Å². The second-order valence-electron chi connectivity index (χ2n) is 4.21. The maximum Gasteiger partial charge on any atom is 0.132 e. The zero-order chi connectivity index (χ0) is 10.7. The van der Waals surface area contributed by atoms with Crippen LogP contribution in [0.15, 0.2) is 12.4 Å². The third-order valence-electron chi connectivity index (χ3n) is 2.97. The Morgan fingerprint density at radius 1 is 1.53 bits per heavy atom. The first-order valence-corrected chi connectivity index (χ1v) is 5.53. The van der Waals surface area contributed by atoms with E-state index >= 15 is 0 Å². The SMILES string of the molecule is Cc1cc(N2CCCC(CN)C2)ncn1. The standard InChI is InChI=1S/C11H18N4/c1-9-5-11(14-8-13-9)15-4-2-3-10(6-12)7-15/h5,8,10H,2-4,6-7,12H2,1H3.